The zero-order chi connectivity index (χ0) is 13.1. The van der Waals surface area contributed by atoms with Crippen molar-refractivity contribution in [2.24, 2.45) is 0 Å². The molecule has 0 saturated heterocycles. The summed E-state index contributed by atoms with van der Waals surface area (Å²) in [6.07, 6.45) is 1.25. The van der Waals surface area contributed by atoms with Gasteiger partial charge in [0.1, 0.15) is 17.3 Å². The zero-order valence-electron chi connectivity index (χ0n) is 9.61. The molecular formula is C12H11ClN2O3. The van der Waals surface area contributed by atoms with E-state index in [0.29, 0.717) is 12.4 Å². The molecule has 94 valence electrons. The number of hydrogen-bond donors (Lipinski definition) is 2. The van der Waals surface area contributed by atoms with E-state index in [1.165, 1.54) is 12.3 Å². The van der Waals surface area contributed by atoms with Gasteiger partial charge in [0.2, 0.25) is 0 Å². The predicted octanol–water partition coefficient (Wildman–Crippen LogP) is 2.95. The molecule has 2 heterocycles. The van der Waals surface area contributed by atoms with Crippen LogP contribution in [0.3, 0.4) is 0 Å². The molecule has 0 aliphatic heterocycles. The van der Waals surface area contributed by atoms with Crippen LogP contribution < -0.4 is 5.32 Å². The number of rotatable bonds is 4. The summed E-state index contributed by atoms with van der Waals surface area (Å²) in [5.41, 5.74) is 0.0550. The average Bonchev–Trinajstić information content (AvgIpc) is 2.73. The largest absolute Gasteiger partial charge is 0.478 e. The van der Waals surface area contributed by atoms with Crippen LogP contribution in [0.2, 0.25) is 5.02 Å². The van der Waals surface area contributed by atoms with Gasteiger partial charge < -0.3 is 14.8 Å². The van der Waals surface area contributed by atoms with Gasteiger partial charge in [-0.25, -0.2) is 9.78 Å². The number of carbonyl (C=O) groups is 1. The number of carboxylic acids is 1. The van der Waals surface area contributed by atoms with Crippen LogP contribution in [0.15, 0.2) is 28.8 Å². The fourth-order valence-electron chi connectivity index (χ4n) is 1.44. The highest BCUT2D eigenvalue weighted by atomic mass is 35.5. The second-order valence-electron chi connectivity index (χ2n) is 3.73. The van der Waals surface area contributed by atoms with Crippen molar-refractivity contribution < 1.29 is 14.3 Å². The van der Waals surface area contributed by atoms with Crippen LogP contribution >= 0.6 is 11.6 Å². The molecule has 0 saturated carbocycles. The van der Waals surface area contributed by atoms with Gasteiger partial charge in [0.25, 0.3) is 0 Å². The molecule has 0 bridgehead atoms. The third-order valence-electron chi connectivity index (χ3n) is 2.31. The van der Waals surface area contributed by atoms with Crippen LogP contribution in [0.4, 0.5) is 5.82 Å². The Morgan fingerprint density at radius 2 is 2.33 bits per heavy atom. The molecule has 0 unspecified atom stereocenters. The second kappa shape index (κ2) is 5.10. The van der Waals surface area contributed by atoms with Crippen LogP contribution in [0.5, 0.6) is 0 Å². The topological polar surface area (TPSA) is 75.4 Å². The number of anilines is 1. The number of aromatic carboxylic acids is 1. The van der Waals surface area contributed by atoms with Crippen molar-refractivity contribution in [1.29, 1.82) is 0 Å². The van der Waals surface area contributed by atoms with Gasteiger partial charge in [0.05, 0.1) is 17.1 Å². The van der Waals surface area contributed by atoms with Gasteiger partial charge in [-0.3, -0.25) is 0 Å². The zero-order valence-corrected chi connectivity index (χ0v) is 10.4. The Kier molecular flexibility index (Phi) is 3.53. The number of nitrogens with one attached hydrogen (secondary N) is 1. The van der Waals surface area contributed by atoms with Crippen molar-refractivity contribution in [3.05, 3.63) is 46.5 Å². The molecule has 0 radical (unpaired) electrons. The van der Waals surface area contributed by atoms with Crippen LogP contribution in [-0.4, -0.2) is 16.1 Å². The lowest BCUT2D eigenvalue weighted by atomic mass is 10.3. The van der Waals surface area contributed by atoms with Gasteiger partial charge >= 0.3 is 5.97 Å². The quantitative estimate of drug-likeness (QED) is 0.890. The highest BCUT2D eigenvalue weighted by Crippen LogP contribution is 2.21. The van der Waals surface area contributed by atoms with E-state index in [1.807, 2.05) is 19.1 Å². The van der Waals surface area contributed by atoms with Crippen molar-refractivity contribution in [1.82, 2.24) is 4.98 Å². The molecule has 2 N–H and O–H groups in total. The summed E-state index contributed by atoms with van der Waals surface area (Å²) >= 11 is 5.93. The van der Waals surface area contributed by atoms with E-state index < -0.39 is 5.97 Å². The van der Waals surface area contributed by atoms with E-state index in [-0.39, 0.29) is 10.6 Å². The fraction of sp³-hybridized carbons (Fsp3) is 0.167. The van der Waals surface area contributed by atoms with Gasteiger partial charge in [-0.2, -0.15) is 0 Å². The van der Waals surface area contributed by atoms with Crippen molar-refractivity contribution in [2.45, 2.75) is 13.5 Å². The van der Waals surface area contributed by atoms with E-state index in [1.54, 1.807) is 0 Å². The fourth-order valence-corrected chi connectivity index (χ4v) is 1.67. The Hall–Kier alpha value is -2.01. The summed E-state index contributed by atoms with van der Waals surface area (Å²) in [6.45, 7) is 2.30. The minimum atomic E-state index is -1.06. The number of pyridine rings is 1. The number of furan rings is 1. The van der Waals surface area contributed by atoms with E-state index >= 15 is 0 Å². The first-order valence-electron chi connectivity index (χ1n) is 5.24. The highest BCUT2D eigenvalue weighted by Gasteiger charge is 2.08. The molecular weight excluding hydrogens is 256 g/mol. The maximum Gasteiger partial charge on any atom is 0.337 e. The summed E-state index contributed by atoms with van der Waals surface area (Å²) in [5, 5.41) is 12.0. The maximum absolute atomic E-state index is 10.7. The lowest BCUT2D eigenvalue weighted by Crippen LogP contribution is -2.03. The molecule has 0 amide bonds. The van der Waals surface area contributed by atoms with Crippen molar-refractivity contribution in [3.63, 3.8) is 0 Å². The average molecular weight is 267 g/mol. The maximum atomic E-state index is 10.7. The predicted molar refractivity (Wildman–Crippen MR) is 67.0 cm³/mol. The summed E-state index contributed by atoms with van der Waals surface area (Å²) in [4.78, 5) is 14.7. The van der Waals surface area contributed by atoms with Crippen LogP contribution in [0.1, 0.15) is 21.9 Å². The monoisotopic (exact) mass is 266 g/mol. The lowest BCUT2D eigenvalue weighted by Gasteiger charge is -2.06. The number of halogens is 1. The van der Waals surface area contributed by atoms with Crippen LogP contribution in [0, 0.1) is 6.92 Å². The van der Waals surface area contributed by atoms with Gasteiger partial charge in [0.15, 0.2) is 0 Å². The number of carboxylic acid groups (broad SMARTS) is 1. The van der Waals surface area contributed by atoms with E-state index in [2.05, 4.69) is 10.3 Å². The lowest BCUT2D eigenvalue weighted by molar-refractivity contribution is 0.0696. The molecule has 0 aliphatic carbocycles. The van der Waals surface area contributed by atoms with Crippen molar-refractivity contribution in [2.75, 3.05) is 5.32 Å². The minimum Gasteiger partial charge on any atom is -0.478 e. The van der Waals surface area contributed by atoms with Crippen LogP contribution in [-0.2, 0) is 6.54 Å². The Morgan fingerprint density at radius 1 is 1.56 bits per heavy atom. The van der Waals surface area contributed by atoms with Gasteiger partial charge in [-0.05, 0) is 25.1 Å². The van der Waals surface area contributed by atoms with Crippen molar-refractivity contribution in [3.8, 4) is 0 Å². The van der Waals surface area contributed by atoms with Crippen LogP contribution in [0.25, 0.3) is 0 Å². The summed E-state index contributed by atoms with van der Waals surface area (Å²) < 4.78 is 5.38. The first kappa shape index (κ1) is 12.4. The molecule has 0 fully saturated rings. The number of nitrogens with zero attached hydrogens (tertiary/aromatic N) is 1. The molecule has 5 nitrogen and oxygen atoms in total. The number of aryl methyl sites for hydroxylation is 1. The first-order chi connectivity index (χ1) is 8.56. The molecule has 2 rings (SSSR count). The third kappa shape index (κ3) is 2.81. The normalized spacial score (nSPS) is 10.3. The van der Waals surface area contributed by atoms with Gasteiger partial charge in [0, 0.05) is 6.20 Å². The Morgan fingerprint density at radius 3 is 2.89 bits per heavy atom. The third-order valence-corrected chi connectivity index (χ3v) is 2.60. The minimum absolute atomic E-state index is 0.0550. The molecule has 6 heteroatoms. The van der Waals surface area contributed by atoms with Gasteiger partial charge in [-0.1, -0.05) is 11.6 Å². The molecule has 2 aromatic heterocycles. The molecule has 0 atom stereocenters. The Labute approximate surface area is 108 Å². The Bertz CT molecular complexity index is 580. The molecule has 2 aromatic rings. The summed E-state index contributed by atoms with van der Waals surface area (Å²) in [5.74, 6) is 0.952. The van der Waals surface area contributed by atoms with E-state index in [4.69, 9.17) is 21.1 Å². The SMILES string of the molecule is Cc1ccc(CNc2ncc(C(=O)O)cc2Cl)o1. The van der Waals surface area contributed by atoms with E-state index in [9.17, 15) is 4.79 Å². The van der Waals surface area contributed by atoms with Crippen molar-refractivity contribution >= 4 is 23.4 Å². The molecule has 0 aromatic carbocycles. The number of hydrogen-bond acceptors (Lipinski definition) is 4. The van der Waals surface area contributed by atoms with Gasteiger partial charge in [-0.15, -0.1) is 0 Å². The molecule has 18 heavy (non-hydrogen) atoms. The highest BCUT2D eigenvalue weighted by molar-refractivity contribution is 6.33. The smallest absolute Gasteiger partial charge is 0.337 e. The Balaban J connectivity index is 2.08. The second-order valence-corrected chi connectivity index (χ2v) is 4.13. The molecule has 0 spiro atoms. The standard InChI is InChI=1S/C12H11ClN2O3/c1-7-2-3-9(18-7)6-15-11-10(13)4-8(5-14-11)12(16)17/h2-5H,6H2,1H3,(H,14,15)(H,16,17). The molecule has 0 aliphatic rings. The van der Waals surface area contributed by atoms with E-state index in [0.717, 1.165) is 11.5 Å². The first-order valence-corrected chi connectivity index (χ1v) is 5.62. The summed E-state index contributed by atoms with van der Waals surface area (Å²) in [7, 11) is 0. The number of aromatic nitrogens is 1. The summed E-state index contributed by atoms with van der Waals surface area (Å²) in [6, 6.07) is 5.06.